The molecule has 0 saturated heterocycles. The number of carbonyl (C=O) groups is 2. The van der Waals surface area contributed by atoms with E-state index in [1.54, 1.807) is 13.8 Å². The van der Waals surface area contributed by atoms with Crippen molar-refractivity contribution < 1.29 is 9.59 Å². The zero-order valence-corrected chi connectivity index (χ0v) is 17.2. The molecule has 1 atom stereocenters. The van der Waals surface area contributed by atoms with Gasteiger partial charge < -0.3 is 10.6 Å². The van der Waals surface area contributed by atoms with Crippen molar-refractivity contribution in [1.29, 1.82) is 10.5 Å². The molecule has 5 aliphatic rings. The van der Waals surface area contributed by atoms with Crippen molar-refractivity contribution >= 4 is 23.6 Å². The van der Waals surface area contributed by atoms with Crippen molar-refractivity contribution in [3.8, 4) is 12.1 Å². The first kappa shape index (κ1) is 19.3. The maximum atomic E-state index is 12.7. The zero-order valence-electron chi connectivity index (χ0n) is 16.4. The molecule has 0 spiro atoms. The molecule has 4 fully saturated rings. The SMILES string of the molecule is CC1(C)C(C#N)=C(SCC(=O)NC23CC4CC(CC(C4)C2)C3)NC(=O)[C@H]1C#N. The Morgan fingerprint density at radius 1 is 1.18 bits per heavy atom. The molecule has 6 nitrogen and oxygen atoms in total. The highest BCUT2D eigenvalue weighted by Gasteiger charge is 2.51. The Morgan fingerprint density at radius 3 is 2.25 bits per heavy atom. The van der Waals surface area contributed by atoms with E-state index in [2.05, 4.69) is 16.7 Å². The molecule has 0 aromatic carbocycles. The lowest BCUT2D eigenvalue weighted by Gasteiger charge is -2.56. The summed E-state index contributed by atoms with van der Waals surface area (Å²) in [7, 11) is 0. The fourth-order valence-electron chi connectivity index (χ4n) is 6.27. The molecular weight excluding hydrogens is 372 g/mol. The zero-order chi connectivity index (χ0) is 20.1. The quantitative estimate of drug-likeness (QED) is 0.757. The normalized spacial score (nSPS) is 37.8. The van der Waals surface area contributed by atoms with Gasteiger partial charge in [0.05, 0.1) is 28.5 Å². The molecule has 0 aromatic heterocycles. The second kappa shape index (κ2) is 6.81. The third kappa shape index (κ3) is 3.20. The number of rotatable bonds is 4. The van der Waals surface area contributed by atoms with Crippen molar-refractivity contribution in [2.24, 2.45) is 29.1 Å². The Hall–Kier alpha value is -1.99. The molecule has 4 aliphatic carbocycles. The number of hydrogen-bond acceptors (Lipinski definition) is 5. The Balaban J connectivity index is 1.43. The molecule has 2 amide bonds. The van der Waals surface area contributed by atoms with Gasteiger partial charge in [-0.15, -0.1) is 0 Å². The molecule has 1 aliphatic heterocycles. The van der Waals surface area contributed by atoms with Crippen LogP contribution >= 0.6 is 11.8 Å². The molecule has 0 radical (unpaired) electrons. The molecule has 4 bridgehead atoms. The summed E-state index contributed by atoms with van der Waals surface area (Å²) in [6.45, 7) is 3.46. The number of carbonyl (C=O) groups excluding carboxylic acids is 2. The molecular formula is C21H26N4O2S. The van der Waals surface area contributed by atoms with E-state index in [0.29, 0.717) is 10.6 Å². The molecule has 5 rings (SSSR count). The highest BCUT2D eigenvalue weighted by atomic mass is 32.2. The van der Waals surface area contributed by atoms with Gasteiger partial charge in [0.15, 0.2) is 0 Å². The van der Waals surface area contributed by atoms with Gasteiger partial charge in [-0.25, -0.2) is 0 Å². The summed E-state index contributed by atoms with van der Waals surface area (Å²) in [5.41, 5.74) is -0.545. The number of hydrogen-bond donors (Lipinski definition) is 2. The number of nitriles is 2. The van der Waals surface area contributed by atoms with Crippen LogP contribution in [0.15, 0.2) is 10.6 Å². The minimum Gasteiger partial charge on any atom is -0.350 e. The molecule has 7 heteroatoms. The average Bonchev–Trinajstić information content (AvgIpc) is 2.57. The summed E-state index contributed by atoms with van der Waals surface area (Å²) in [6, 6.07) is 4.13. The molecule has 0 aromatic rings. The smallest absolute Gasteiger partial charge is 0.243 e. The van der Waals surface area contributed by atoms with Crippen molar-refractivity contribution in [3.05, 3.63) is 10.6 Å². The largest absolute Gasteiger partial charge is 0.350 e. The highest BCUT2D eigenvalue weighted by molar-refractivity contribution is 8.03. The van der Waals surface area contributed by atoms with Crippen LogP contribution in [0.5, 0.6) is 0 Å². The van der Waals surface area contributed by atoms with Crippen molar-refractivity contribution in [3.63, 3.8) is 0 Å². The van der Waals surface area contributed by atoms with E-state index in [4.69, 9.17) is 0 Å². The van der Waals surface area contributed by atoms with Crippen LogP contribution in [0.3, 0.4) is 0 Å². The number of thioether (sulfide) groups is 1. The third-order valence-electron chi connectivity index (χ3n) is 7.12. The molecule has 2 N–H and O–H groups in total. The molecule has 148 valence electrons. The number of allylic oxidation sites excluding steroid dienone is 1. The van der Waals surface area contributed by atoms with Gasteiger partial charge >= 0.3 is 0 Å². The van der Waals surface area contributed by atoms with Crippen molar-refractivity contribution in [2.45, 2.75) is 57.9 Å². The van der Waals surface area contributed by atoms with Gasteiger partial charge in [-0.05, 0) is 56.3 Å². The van der Waals surface area contributed by atoms with Gasteiger partial charge in [-0.1, -0.05) is 25.6 Å². The first-order chi connectivity index (χ1) is 13.3. The first-order valence-electron chi connectivity index (χ1n) is 10.1. The fraction of sp³-hybridized carbons (Fsp3) is 0.714. The van der Waals surface area contributed by atoms with E-state index in [1.165, 1.54) is 31.0 Å². The van der Waals surface area contributed by atoms with Crippen LogP contribution < -0.4 is 10.6 Å². The van der Waals surface area contributed by atoms with Crippen molar-refractivity contribution in [1.82, 2.24) is 10.6 Å². The second-order valence-corrected chi connectivity index (χ2v) is 10.6. The van der Waals surface area contributed by atoms with Crippen LogP contribution in [0.1, 0.15) is 52.4 Å². The monoisotopic (exact) mass is 398 g/mol. The van der Waals surface area contributed by atoms with Crippen molar-refractivity contribution in [2.75, 3.05) is 5.75 Å². The standard InChI is InChI=1S/C21H26N4O2S/c1-20(2)15(9-22)18(27)24-19(16(20)10-23)28-11-17(26)25-21-6-12-3-13(7-21)5-14(4-12)8-21/h12-15H,3-8,11H2,1-2H3,(H,24,27)(H,25,26)/t12?,13?,14?,15-,21?/m1/s1. The summed E-state index contributed by atoms with van der Waals surface area (Å²) in [6.07, 6.45) is 7.25. The fourth-order valence-corrected chi connectivity index (χ4v) is 7.24. The lowest BCUT2D eigenvalue weighted by atomic mass is 9.53. The Kier molecular flexibility index (Phi) is 4.70. The van der Waals surface area contributed by atoms with E-state index in [1.807, 2.05) is 6.07 Å². The predicted octanol–water partition coefficient (Wildman–Crippen LogP) is 2.84. The van der Waals surface area contributed by atoms with Gasteiger partial charge in [0.25, 0.3) is 0 Å². The van der Waals surface area contributed by atoms with E-state index in [0.717, 1.165) is 37.0 Å². The third-order valence-corrected chi connectivity index (χ3v) is 8.12. The van der Waals surface area contributed by atoms with Crippen LogP contribution in [0.4, 0.5) is 0 Å². The van der Waals surface area contributed by atoms with Crippen LogP contribution in [0.2, 0.25) is 0 Å². The first-order valence-corrected chi connectivity index (χ1v) is 11.0. The average molecular weight is 399 g/mol. The lowest BCUT2D eigenvalue weighted by molar-refractivity contribution is -0.126. The van der Waals surface area contributed by atoms with Gasteiger partial charge in [0, 0.05) is 11.0 Å². The number of nitrogens with zero attached hydrogens (tertiary/aromatic N) is 2. The molecule has 0 unspecified atom stereocenters. The summed E-state index contributed by atoms with van der Waals surface area (Å²) in [5, 5.41) is 25.3. The summed E-state index contributed by atoms with van der Waals surface area (Å²) in [4.78, 5) is 25.0. The van der Waals surface area contributed by atoms with Gasteiger partial charge in [-0.3, -0.25) is 9.59 Å². The Morgan fingerprint density at radius 2 is 1.75 bits per heavy atom. The summed E-state index contributed by atoms with van der Waals surface area (Å²) >= 11 is 1.19. The van der Waals surface area contributed by atoms with E-state index in [-0.39, 0.29) is 17.2 Å². The number of nitrogens with one attached hydrogen (secondary N) is 2. The van der Waals surface area contributed by atoms with Crippen LogP contribution in [0.25, 0.3) is 0 Å². The van der Waals surface area contributed by atoms with Gasteiger partial charge in [0.1, 0.15) is 5.92 Å². The van der Waals surface area contributed by atoms with E-state index >= 15 is 0 Å². The molecule has 1 heterocycles. The minimum absolute atomic E-state index is 0.0359. The van der Waals surface area contributed by atoms with Gasteiger partial charge in [-0.2, -0.15) is 10.5 Å². The van der Waals surface area contributed by atoms with Crippen LogP contribution in [-0.4, -0.2) is 23.1 Å². The lowest BCUT2D eigenvalue weighted by Crippen LogP contribution is -2.60. The molecule has 4 saturated carbocycles. The Bertz CT molecular complexity index is 797. The van der Waals surface area contributed by atoms with E-state index in [9.17, 15) is 20.1 Å². The van der Waals surface area contributed by atoms with E-state index < -0.39 is 17.2 Å². The summed E-state index contributed by atoms with van der Waals surface area (Å²) in [5.74, 6) is 1.08. The maximum absolute atomic E-state index is 12.7. The topological polar surface area (TPSA) is 106 Å². The van der Waals surface area contributed by atoms with Crippen LogP contribution in [-0.2, 0) is 9.59 Å². The number of amides is 2. The minimum atomic E-state index is -0.910. The Labute approximate surface area is 170 Å². The molecule has 28 heavy (non-hydrogen) atoms. The predicted molar refractivity (Wildman–Crippen MR) is 105 cm³/mol. The highest BCUT2D eigenvalue weighted by Crippen LogP contribution is 2.55. The second-order valence-electron chi connectivity index (χ2n) is 9.62. The van der Waals surface area contributed by atoms with Crippen LogP contribution in [0, 0.1) is 51.7 Å². The van der Waals surface area contributed by atoms with Gasteiger partial charge in [0.2, 0.25) is 11.8 Å². The maximum Gasteiger partial charge on any atom is 0.243 e. The summed E-state index contributed by atoms with van der Waals surface area (Å²) < 4.78 is 0.